The predicted molar refractivity (Wildman–Crippen MR) is 101 cm³/mol. The number of hydrogen-bond acceptors (Lipinski definition) is 4. The number of carbonyl (C=O) groups is 1. The van der Waals surface area contributed by atoms with E-state index in [1.54, 1.807) is 7.05 Å². The topological polar surface area (TPSA) is 69.0 Å². The fourth-order valence-corrected chi connectivity index (χ4v) is 3.79. The van der Waals surface area contributed by atoms with Gasteiger partial charge in [-0.15, -0.1) is 5.10 Å². The Balaban J connectivity index is 1.43. The van der Waals surface area contributed by atoms with E-state index in [1.165, 1.54) is 27.1 Å². The Morgan fingerprint density at radius 1 is 1.12 bits per heavy atom. The molecule has 1 N–H and O–H groups in total. The third kappa shape index (κ3) is 3.10. The van der Waals surface area contributed by atoms with Crippen LogP contribution in [-0.2, 0) is 18.3 Å². The van der Waals surface area contributed by atoms with E-state index in [2.05, 4.69) is 55.7 Å². The average Bonchev–Trinajstić information content (AvgIpc) is 3.14. The number of aryl methyl sites for hydroxylation is 1. The van der Waals surface area contributed by atoms with Crippen molar-refractivity contribution in [1.82, 2.24) is 20.3 Å². The largest absolute Gasteiger partial charge is 0.449 e. The molecule has 1 heterocycles. The molecular formula is C19H17BrN4O2. The Morgan fingerprint density at radius 2 is 1.73 bits per heavy atom. The molecule has 3 aromatic rings. The van der Waals surface area contributed by atoms with Gasteiger partial charge in [-0.05, 0) is 38.2 Å². The second-order valence-corrected chi connectivity index (χ2v) is 6.86. The van der Waals surface area contributed by atoms with Gasteiger partial charge in [0.25, 0.3) is 0 Å². The lowest BCUT2D eigenvalue weighted by Crippen LogP contribution is -2.26. The summed E-state index contributed by atoms with van der Waals surface area (Å²) in [6, 6.07) is 16.5. The molecule has 0 aliphatic heterocycles. The molecule has 0 bridgehead atoms. The lowest BCUT2D eigenvalue weighted by Gasteiger charge is -2.14. The van der Waals surface area contributed by atoms with Gasteiger partial charge in [0.15, 0.2) is 4.60 Å². The summed E-state index contributed by atoms with van der Waals surface area (Å²) in [7, 11) is 1.72. The Hall–Kier alpha value is -2.67. The number of nitrogens with zero attached hydrogens (tertiary/aromatic N) is 3. The summed E-state index contributed by atoms with van der Waals surface area (Å²) in [6.45, 7) is 0.548. The maximum Gasteiger partial charge on any atom is 0.407 e. The molecule has 26 heavy (non-hydrogen) atoms. The predicted octanol–water partition coefficient (Wildman–Crippen LogP) is 3.62. The lowest BCUT2D eigenvalue weighted by atomic mass is 9.98. The summed E-state index contributed by atoms with van der Waals surface area (Å²) in [6.07, 6.45) is -0.468. The van der Waals surface area contributed by atoms with Crippen LogP contribution in [0.25, 0.3) is 11.1 Å². The van der Waals surface area contributed by atoms with Gasteiger partial charge in [0.2, 0.25) is 0 Å². The Labute approximate surface area is 159 Å². The van der Waals surface area contributed by atoms with Crippen molar-refractivity contribution < 1.29 is 9.53 Å². The summed E-state index contributed by atoms with van der Waals surface area (Å²) >= 11 is 3.31. The van der Waals surface area contributed by atoms with Crippen molar-refractivity contribution in [3.63, 3.8) is 0 Å². The van der Waals surface area contributed by atoms with Crippen LogP contribution < -0.4 is 5.32 Å². The zero-order chi connectivity index (χ0) is 18.1. The average molecular weight is 413 g/mol. The van der Waals surface area contributed by atoms with Gasteiger partial charge < -0.3 is 10.1 Å². The van der Waals surface area contributed by atoms with E-state index in [1.807, 2.05) is 24.3 Å². The number of alkyl carbamates (subject to hydrolysis) is 1. The van der Waals surface area contributed by atoms with Crippen molar-refractivity contribution in [2.75, 3.05) is 6.61 Å². The molecule has 7 heteroatoms. The highest BCUT2D eigenvalue weighted by atomic mass is 79.9. The second kappa shape index (κ2) is 6.92. The van der Waals surface area contributed by atoms with Crippen LogP contribution in [0, 0.1) is 0 Å². The van der Waals surface area contributed by atoms with Gasteiger partial charge >= 0.3 is 6.09 Å². The zero-order valence-electron chi connectivity index (χ0n) is 14.1. The van der Waals surface area contributed by atoms with Gasteiger partial charge in [-0.25, -0.2) is 4.79 Å². The molecule has 0 unspecified atom stereocenters. The van der Waals surface area contributed by atoms with Crippen molar-refractivity contribution in [2.45, 2.75) is 12.5 Å². The van der Waals surface area contributed by atoms with E-state index < -0.39 is 6.09 Å². The molecule has 1 aliphatic carbocycles. The number of halogens is 1. The minimum Gasteiger partial charge on any atom is -0.449 e. The Morgan fingerprint density at radius 3 is 2.31 bits per heavy atom. The highest BCUT2D eigenvalue weighted by Gasteiger charge is 2.28. The summed E-state index contributed by atoms with van der Waals surface area (Å²) in [4.78, 5) is 13.6. The van der Waals surface area contributed by atoms with Crippen LogP contribution in [0.4, 0.5) is 4.79 Å². The van der Waals surface area contributed by atoms with Crippen molar-refractivity contribution >= 4 is 22.0 Å². The highest BCUT2D eigenvalue weighted by Crippen LogP contribution is 2.44. The molecule has 132 valence electrons. The first kappa shape index (κ1) is 16.8. The lowest BCUT2D eigenvalue weighted by molar-refractivity contribution is 0.142. The zero-order valence-corrected chi connectivity index (χ0v) is 15.7. The second-order valence-electron chi connectivity index (χ2n) is 6.11. The van der Waals surface area contributed by atoms with Gasteiger partial charge in [-0.2, -0.15) is 9.90 Å². The summed E-state index contributed by atoms with van der Waals surface area (Å²) in [5.74, 6) is 0.0522. The summed E-state index contributed by atoms with van der Waals surface area (Å²) in [5.41, 5.74) is 5.46. The van der Waals surface area contributed by atoms with Gasteiger partial charge in [-0.3, -0.25) is 0 Å². The third-order valence-corrected chi connectivity index (χ3v) is 5.10. The Kier molecular flexibility index (Phi) is 4.46. The fraction of sp³-hybridized carbons (Fsp3) is 0.211. The Bertz CT molecular complexity index is 924. The number of amides is 1. The van der Waals surface area contributed by atoms with Crippen LogP contribution in [0.15, 0.2) is 53.1 Å². The minimum absolute atomic E-state index is 0.0522. The van der Waals surface area contributed by atoms with Crippen LogP contribution in [0.5, 0.6) is 0 Å². The first-order valence-corrected chi connectivity index (χ1v) is 9.07. The number of rotatable bonds is 4. The molecule has 2 aromatic carbocycles. The van der Waals surface area contributed by atoms with Crippen LogP contribution in [-0.4, -0.2) is 27.7 Å². The summed E-state index contributed by atoms with van der Waals surface area (Å²) < 4.78 is 6.10. The SMILES string of the molecule is Cn1nc(Br)c(CNC(=O)OCC2c3ccccc3-c3ccccc32)n1. The quantitative estimate of drug-likeness (QED) is 0.710. The molecule has 0 radical (unpaired) electrons. The number of hydrogen-bond donors (Lipinski definition) is 1. The van der Waals surface area contributed by atoms with Crippen LogP contribution >= 0.6 is 15.9 Å². The normalized spacial score (nSPS) is 12.5. The number of fused-ring (bicyclic) bond motifs is 3. The van der Waals surface area contributed by atoms with Crippen LogP contribution in [0.3, 0.4) is 0 Å². The van der Waals surface area contributed by atoms with Crippen LogP contribution in [0.2, 0.25) is 0 Å². The number of ether oxygens (including phenoxy) is 1. The maximum absolute atomic E-state index is 12.1. The van der Waals surface area contributed by atoms with E-state index in [4.69, 9.17) is 4.74 Å². The minimum atomic E-state index is -0.468. The molecule has 0 spiro atoms. The molecule has 1 aromatic heterocycles. The molecule has 0 saturated carbocycles. The number of aromatic nitrogens is 3. The van der Waals surface area contributed by atoms with Gasteiger partial charge in [0.1, 0.15) is 12.3 Å². The summed E-state index contributed by atoms with van der Waals surface area (Å²) in [5, 5.41) is 11.0. The van der Waals surface area contributed by atoms with E-state index in [0.29, 0.717) is 16.9 Å². The van der Waals surface area contributed by atoms with E-state index in [9.17, 15) is 4.79 Å². The monoisotopic (exact) mass is 412 g/mol. The molecule has 1 aliphatic rings. The maximum atomic E-state index is 12.1. The van der Waals surface area contributed by atoms with Crippen molar-refractivity contribution in [1.29, 1.82) is 0 Å². The standard InChI is InChI=1S/C19H17BrN4O2/c1-24-22-17(18(20)23-24)10-21-19(25)26-11-16-14-8-4-2-6-12(14)13-7-3-5-9-15(13)16/h2-9,16H,10-11H2,1H3,(H,21,25). The molecule has 6 nitrogen and oxygen atoms in total. The number of nitrogens with one attached hydrogen (secondary N) is 1. The molecule has 4 rings (SSSR count). The number of carbonyl (C=O) groups excluding carboxylic acids is 1. The van der Waals surface area contributed by atoms with E-state index >= 15 is 0 Å². The molecule has 0 fully saturated rings. The fourth-order valence-electron chi connectivity index (χ4n) is 3.34. The van der Waals surface area contributed by atoms with Crippen molar-refractivity contribution in [3.8, 4) is 11.1 Å². The van der Waals surface area contributed by atoms with Crippen molar-refractivity contribution in [3.05, 3.63) is 70.0 Å². The first-order chi connectivity index (χ1) is 12.6. The molecule has 0 atom stereocenters. The highest BCUT2D eigenvalue weighted by molar-refractivity contribution is 9.10. The van der Waals surface area contributed by atoms with E-state index in [-0.39, 0.29) is 12.5 Å². The third-order valence-electron chi connectivity index (χ3n) is 4.48. The molecule has 0 saturated heterocycles. The smallest absolute Gasteiger partial charge is 0.407 e. The van der Waals surface area contributed by atoms with E-state index in [0.717, 1.165) is 0 Å². The van der Waals surface area contributed by atoms with Crippen molar-refractivity contribution in [2.24, 2.45) is 7.05 Å². The van der Waals surface area contributed by atoms with Gasteiger partial charge in [0, 0.05) is 13.0 Å². The van der Waals surface area contributed by atoms with Crippen LogP contribution in [0.1, 0.15) is 22.7 Å². The first-order valence-electron chi connectivity index (χ1n) is 8.28. The number of benzene rings is 2. The molecule has 1 amide bonds. The van der Waals surface area contributed by atoms with Gasteiger partial charge in [-0.1, -0.05) is 48.5 Å². The molecular weight excluding hydrogens is 396 g/mol. The van der Waals surface area contributed by atoms with Gasteiger partial charge in [0.05, 0.1) is 6.54 Å².